The Morgan fingerprint density at radius 2 is 1.62 bits per heavy atom. The van der Waals surface area contributed by atoms with Crippen molar-refractivity contribution in [2.75, 3.05) is 98.4 Å². The number of hydrogen-bond donors (Lipinski definition) is 4. The third-order valence-corrected chi connectivity index (χ3v) is 16.8. The average molecular weight is 1290 g/mol. The van der Waals surface area contributed by atoms with Crippen molar-refractivity contribution in [2.24, 2.45) is 17.8 Å². The second-order valence-corrected chi connectivity index (χ2v) is 23.5. The summed E-state index contributed by atoms with van der Waals surface area (Å²) >= 11 is 0. The first-order chi connectivity index (χ1) is 43.7. The van der Waals surface area contributed by atoms with Crippen molar-refractivity contribution in [1.29, 1.82) is 0 Å². The zero-order chi connectivity index (χ0) is 67.2. The fraction of sp³-hybridized carbons (Fsp3) is 0.531. The third-order valence-electron chi connectivity index (χ3n) is 16.8. The van der Waals surface area contributed by atoms with E-state index in [1.165, 1.54) is 75.1 Å². The van der Waals surface area contributed by atoms with Crippen LogP contribution in [0.5, 0.6) is 5.75 Å². The van der Waals surface area contributed by atoms with Crippen molar-refractivity contribution in [3.63, 3.8) is 0 Å². The van der Waals surface area contributed by atoms with Gasteiger partial charge in [0.15, 0.2) is 5.72 Å². The summed E-state index contributed by atoms with van der Waals surface area (Å²) in [6, 6.07) is 8.05. The van der Waals surface area contributed by atoms with Crippen molar-refractivity contribution in [2.45, 2.75) is 116 Å². The highest BCUT2D eigenvalue weighted by molar-refractivity contribution is 6.13. The Hall–Kier alpha value is -8.70. The number of carbonyl (C=O) groups excluding carboxylic acids is 10. The number of likely N-dealkylation sites (N-methyl/N-ethyl adjacent to an activating group) is 2. The Balaban J connectivity index is 0.927. The molecule has 28 heteroatoms. The van der Waals surface area contributed by atoms with Crippen LogP contribution in [-0.4, -0.2) is 210 Å². The van der Waals surface area contributed by atoms with Crippen LogP contribution in [0.4, 0.5) is 30.6 Å². The molecule has 500 valence electrons. The number of Topliss-reactive ketones (excluding diaryl/α,β-unsaturated/α-hetero) is 1. The minimum atomic E-state index is -1.90. The van der Waals surface area contributed by atoms with E-state index < -0.39 is 119 Å². The molecule has 0 saturated carbocycles. The molecule has 5 aliphatic heterocycles. The van der Waals surface area contributed by atoms with Gasteiger partial charge in [-0.3, -0.25) is 44.3 Å². The van der Waals surface area contributed by atoms with E-state index in [2.05, 4.69) is 16.0 Å². The number of rotatable bonds is 20. The van der Waals surface area contributed by atoms with Gasteiger partial charge in [0.05, 0.1) is 55.7 Å². The van der Waals surface area contributed by atoms with Gasteiger partial charge in [-0.1, -0.05) is 56.7 Å². The topological polar surface area (TPSA) is 336 Å². The SMILES string of the molecule is COc1cc2cc(c1C)N(C)C(=O)C[C@H](OC(=O)[C@H](C)C(C)C(=O)CCOC(=O)N(C)CCN(C)C(=O)OCc1ccc(NC(=O)OC3/C=C/COCOC3)c(C(=O)NCCN3C(=O)C=CC3=O)c1)[C@]1(C)O[C@H]1[C@H](C)[C@@H]1CC(O)(NC(=O)O1)C(OC)/C=C/C=C(\C)C2. The number of alkyl carbamates (subject to hydrolysis) is 1. The van der Waals surface area contributed by atoms with Gasteiger partial charge < -0.3 is 72.5 Å². The van der Waals surface area contributed by atoms with Crippen LogP contribution in [0, 0.1) is 24.7 Å². The molecule has 0 aliphatic carbocycles. The molecule has 7 rings (SSSR count). The van der Waals surface area contributed by atoms with Crippen LogP contribution in [0.1, 0.15) is 80.9 Å². The summed E-state index contributed by atoms with van der Waals surface area (Å²) in [5.74, 6) is -5.52. The maximum Gasteiger partial charge on any atom is 0.412 e. The Morgan fingerprint density at radius 3 is 2.32 bits per heavy atom. The van der Waals surface area contributed by atoms with Gasteiger partial charge in [-0.05, 0) is 68.7 Å². The smallest absolute Gasteiger partial charge is 0.412 e. The average Bonchev–Trinajstić information content (AvgIpc) is 1.56. The largest absolute Gasteiger partial charge is 0.496 e. The highest BCUT2D eigenvalue weighted by Gasteiger charge is 2.64. The number of epoxide rings is 1. The van der Waals surface area contributed by atoms with Gasteiger partial charge in [0, 0.05) is 96.8 Å². The van der Waals surface area contributed by atoms with E-state index in [9.17, 15) is 53.1 Å². The highest BCUT2D eigenvalue weighted by Crippen LogP contribution is 2.49. The molecule has 2 aromatic carbocycles. The monoisotopic (exact) mass is 1290 g/mol. The van der Waals surface area contributed by atoms with Crippen LogP contribution >= 0.6 is 0 Å². The summed E-state index contributed by atoms with van der Waals surface area (Å²) in [6.07, 6.45) is 2.34. The molecule has 0 aromatic heterocycles. The van der Waals surface area contributed by atoms with E-state index in [0.717, 1.165) is 28.2 Å². The lowest BCUT2D eigenvalue weighted by molar-refractivity contribution is -0.161. The number of fused-ring (bicyclic) bond motifs is 5. The Kier molecular flexibility index (Phi) is 24.3. The molecule has 10 atom stereocenters. The maximum absolute atomic E-state index is 14.5. The summed E-state index contributed by atoms with van der Waals surface area (Å²) < 4.78 is 56.6. The molecule has 5 aliphatic rings. The number of anilines is 2. The highest BCUT2D eigenvalue weighted by atomic mass is 16.7. The molecule has 2 aromatic rings. The number of amides is 8. The molecule has 8 amide bonds. The molecule has 4 N–H and O–H groups in total. The van der Waals surface area contributed by atoms with Crippen LogP contribution in [-0.2, 0) is 79.6 Å². The summed E-state index contributed by atoms with van der Waals surface area (Å²) in [6.45, 7) is 9.50. The van der Waals surface area contributed by atoms with Gasteiger partial charge in [0.25, 0.3) is 17.7 Å². The number of ketones is 1. The van der Waals surface area contributed by atoms with E-state index >= 15 is 0 Å². The quantitative estimate of drug-likeness (QED) is 0.0444. The zero-order valence-corrected chi connectivity index (χ0v) is 53.6. The summed E-state index contributed by atoms with van der Waals surface area (Å²) in [5, 5.41) is 19.6. The first kappa shape index (κ1) is 70.8. The van der Waals surface area contributed by atoms with Crippen molar-refractivity contribution < 1.29 is 100 Å². The molecular weight excluding hydrogens is 1200 g/mol. The first-order valence-electron chi connectivity index (χ1n) is 30.1. The minimum Gasteiger partial charge on any atom is -0.496 e. The number of benzene rings is 2. The molecule has 4 bridgehead atoms. The Morgan fingerprint density at radius 1 is 0.913 bits per heavy atom. The molecule has 92 heavy (non-hydrogen) atoms. The van der Waals surface area contributed by atoms with Crippen molar-refractivity contribution in [1.82, 2.24) is 25.3 Å². The van der Waals surface area contributed by atoms with Crippen LogP contribution < -0.4 is 25.6 Å². The minimum absolute atomic E-state index is 0.00135. The molecule has 28 nitrogen and oxygen atoms in total. The summed E-state index contributed by atoms with van der Waals surface area (Å²) in [4.78, 5) is 137. The summed E-state index contributed by atoms with van der Waals surface area (Å²) in [5.41, 5.74) is 0.0690. The van der Waals surface area contributed by atoms with Crippen LogP contribution in [0.15, 0.2) is 78.4 Å². The number of hydrogen-bond acceptors (Lipinski definition) is 21. The van der Waals surface area contributed by atoms with E-state index in [4.69, 9.17) is 47.4 Å². The normalized spacial score (nSPS) is 25.9. The van der Waals surface area contributed by atoms with Gasteiger partial charge in [0.1, 0.15) is 61.6 Å². The molecule has 0 spiro atoms. The van der Waals surface area contributed by atoms with Crippen molar-refractivity contribution in [3.05, 3.63) is 101 Å². The predicted molar refractivity (Wildman–Crippen MR) is 328 cm³/mol. The standard InChI is InChI=1S/C64H83N7O21/c1-37-14-12-16-51(84-11)64(82)33-50(90-60(79)67-64)41(5)56-63(6,92-56)52(32-55(75)70(9)47-30-43(28-37)31-49(83-10)40(47)4)91-58(77)39(3)38(2)48(72)21-27-87-61(80)68(7)24-25-69(8)62(81)88-34-42-17-18-46(66-59(78)89-44-15-13-26-85-36-86-35-44)45(29-42)57(76)65-22-23-71-53(73)19-20-54(71)74/h12-20,29-31,38-39,41,44,50-52,56,82H,21-28,32-36H2,1-11H3,(H,65,76)(H,66,78)(H,67,79)/b15-13+,16-12+,37-14+/t38?,39-,41-,44?,50+,51?,52+,56+,63+,64?/m1/s1. The number of nitrogens with one attached hydrogen (secondary N) is 3. The van der Waals surface area contributed by atoms with Crippen LogP contribution in [0.3, 0.4) is 0 Å². The Labute approximate surface area is 533 Å². The van der Waals surface area contributed by atoms with Crippen molar-refractivity contribution >= 4 is 71.1 Å². The van der Waals surface area contributed by atoms with E-state index in [1.807, 2.05) is 32.1 Å². The van der Waals surface area contributed by atoms with Gasteiger partial charge in [-0.2, -0.15) is 0 Å². The van der Waals surface area contributed by atoms with E-state index in [0.29, 0.717) is 29.0 Å². The second-order valence-electron chi connectivity index (χ2n) is 23.5. The number of nitrogens with zero attached hydrogens (tertiary/aromatic N) is 4. The zero-order valence-electron chi connectivity index (χ0n) is 53.6. The Bertz CT molecular complexity index is 3220. The molecule has 2 saturated heterocycles. The van der Waals surface area contributed by atoms with E-state index in [-0.39, 0.29) is 89.9 Å². The lowest BCUT2D eigenvalue weighted by Gasteiger charge is -2.42. The lowest BCUT2D eigenvalue weighted by Crippen LogP contribution is -2.63. The molecule has 4 unspecified atom stereocenters. The molecular formula is C64H83N7O21. The van der Waals surface area contributed by atoms with E-state index in [1.54, 1.807) is 45.2 Å². The van der Waals surface area contributed by atoms with Gasteiger partial charge >= 0.3 is 30.3 Å². The summed E-state index contributed by atoms with van der Waals surface area (Å²) in [7, 11) is 7.41. The number of methoxy groups -OCH3 is 2. The predicted octanol–water partition coefficient (Wildman–Crippen LogP) is 5.02. The molecule has 5 heterocycles. The van der Waals surface area contributed by atoms with Gasteiger partial charge in [-0.15, -0.1) is 0 Å². The molecule has 2 fully saturated rings. The van der Waals surface area contributed by atoms with Gasteiger partial charge in [-0.25, -0.2) is 19.2 Å². The van der Waals surface area contributed by atoms with Gasteiger partial charge in [0.2, 0.25) is 5.91 Å². The first-order valence-corrected chi connectivity index (χ1v) is 30.1. The second kappa shape index (κ2) is 31.6. The lowest BCUT2D eigenvalue weighted by atomic mass is 9.83. The van der Waals surface area contributed by atoms with Crippen LogP contribution in [0.2, 0.25) is 0 Å². The number of ether oxygens (including phenoxy) is 10. The number of allylic oxidation sites excluding steroid dienone is 3. The fourth-order valence-corrected chi connectivity index (χ4v) is 10.9. The number of aliphatic hydroxyl groups is 1. The third kappa shape index (κ3) is 18.1. The number of esters is 1. The molecule has 0 radical (unpaired) electrons. The number of imide groups is 1. The van der Waals surface area contributed by atoms with Crippen LogP contribution in [0.25, 0.3) is 0 Å². The van der Waals surface area contributed by atoms with Crippen molar-refractivity contribution in [3.8, 4) is 5.75 Å². The fourth-order valence-electron chi connectivity index (χ4n) is 10.9. The number of carbonyl (C=O) groups is 10. The maximum atomic E-state index is 14.5.